The van der Waals surface area contributed by atoms with Crippen molar-refractivity contribution < 1.29 is 0 Å². The average Bonchev–Trinajstić information content (AvgIpc) is 2.47. The first-order valence-electron chi connectivity index (χ1n) is 5.03. The number of hydrogen-bond acceptors (Lipinski definition) is 1. The van der Waals surface area contributed by atoms with E-state index in [-0.39, 0.29) is 0 Å². The van der Waals surface area contributed by atoms with Gasteiger partial charge in [0.2, 0.25) is 0 Å². The fourth-order valence-electron chi connectivity index (χ4n) is 1.79. The van der Waals surface area contributed by atoms with Gasteiger partial charge in [-0.25, -0.2) is 0 Å². The Bertz CT molecular complexity index is 441. The Morgan fingerprint density at radius 3 is 2.79 bits per heavy atom. The summed E-state index contributed by atoms with van der Waals surface area (Å²) in [6.45, 7) is 4.43. The van der Waals surface area contributed by atoms with Gasteiger partial charge in [0.05, 0.1) is 11.2 Å². The summed E-state index contributed by atoms with van der Waals surface area (Å²) in [4.78, 5) is 3.37. The van der Waals surface area contributed by atoms with E-state index < -0.39 is 0 Å². The van der Waals surface area contributed by atoms with E-state index in [4.69, 9.17) is 5.73 Å². The van der Waals surface area contributed by atoms with E-state index in [1.165, 1.54) is 11.1 Å². The van der Waals surface area contributed by atoms with E-state index >= 15 is 0 Å². The molecular weight excluding hydrogens is 172 g/mol. The lowest BCUT2D eigenvalue weighted by atomic mass is 10.1. The molecule has 0 aliphatic heterocycles. The maximum atomic E-state index is 5.87. The smallest absolute Gasteiger partial charge is 0.0689 e. The highest BCUT2D eigenvalue weighted by molar-refractivity contribution is 5.90. The molecule has 14 heavy (non-hydrogen) atoms. The molecule has 2 rings (SSSR count). The monoisotopic (exact) mass is 188 g/mol. The number of aromatic nitrogens is 1. The molecule has 3 N–H and O–H groups in total. The van der Waals surface area contributed by atoms with Gasteiger partial charge < -0.3 is 10.7 Å². The Kier molecular flexibility index (Phi) is 2.20. The molecule has 0 saturated carbocycles. The van der Waals surface area contributed by atoms with Gasteiger partial charge in [0, 0.05) is 11.1 Å². The number of fused-ring (bicyclic) bond motifs is 1. The van der Waals surface area contributed by atoms with Crippen LogP contribution in [0.1, 0.15) is 19.5 Å². The summed E-state index contributed by atoms with van der Waals surface area (Å²) < 4.78 is 0. The Labute approximate surface area is 84.1 Å². The highest BCUT2D eigenvalue weighted by atomic mass is 14.7. The molecule has 0 saturated heterocycles. The van der Waals surface area contributed by atoms with Crippen LogP contribution in [0, 0.1) is 5.92 Å². The van der Waals surface area contributed by atoms with E-state index in [2.05, 4.69) is 31.0 Å². The van der Waals surface area contributed by atoms with Crippen molar-refractivity contribution in [3.05, 3.63) is 30.0 Å². The minimum absolute atomic E-state index is 0.671. The zero-order valence-electron chi connectivity index (χ0n) is 8.67. The topological polar surface area (TPSA) is 41.8 Å². The number of nitrogens with two attached hydrogens (primary N) is 1. The number of nitrogen functional groups attached to an aromatic ring is 1. The second kappa shape index (κ2) is 3.37. The van der Waals surface area contributed by atoms with E-state index in [0.717, 1.165) is 17.6 Å². The fraction of sp³-hybridized carbons (Fsp3) is 0.333. The molecule has 1 heterocycles. The van der Waals surface area contributed by atoms with Gasteiger partial charge >= 0.3 is 0 Å². The lowest BCUT2D eigenvalue weighted by Gasteiger charge is -2.00. The number of rotatable bonds is 2. The minimum atomic E-state index is 0.671. The molecule has 0 fully saturated rings. The van der Waals surface area contributed by atoms with Crippen molar-refractivity contribution in [2.75, 3.05) is 5.73 Å². The summed E-state index contributed by atoms with van der Waals surface area (Å²) in [7, 11) is 0. The number of para-hydroxylation sites is 1. The number of nitrogens with one attached hydrogen (secondary N) is 1. The summed E-state index contributed by atoms with van der Waals surface area (Å²) in [5.74, 6) is 0.671. The normalized spacial score (nSPS) is 11.4. The SMILES string of the molecule is CC(C)Cc1cc2cccc(N)c2[nH]1. The average molecular weight is 188 g/mol. The Hall–Kier alpha value is -1.44. The summed E-state index contributed by atoms with van der Waals surface area (Å²) in [5.41, 5.74) is 9.04. The van der Waals surface area contributed by atoms with Crippen molar-refractivity contribution in [2.24, 2.45) is 5.92 Å². The lowest BCUT2D eigenvalue weighted by Crippen LogP contribution is -1.93. The quantitative estimate of drug-likeness (QED) is 0.699. The van der Waals surface area contributed by atoms with Crippen LogP contribution >= 0.6 is 0 Å². The minimum Gasteiger partial charge on any atom is -0.397 e. The van der Waals surface area contributed by atoms with E-state index in [1.54, 1.807) is 0 Å². The fourth-order valence-corrected chi connectivity index (χ4v) is 1.79. The molecule has 1 aromatic heterocycles. The molecule has 2 nitrogen and oxygen atoms in total. The van der Waals surface area contributed by atoms with Crippen LogP contribution < -0.4 is 5.73 Å². The van der Waals surface area contributed by atoms with Gasteiger partial charge in [-0.2, -0.15) is 0 Å². The van der Waals surface area contributed by atoms with Crippen LogP contribution in [0.4, 0.5) is 5.69 Å². The largest absolute Gasteiger partial charge is 0.397 e. The highest BCUT2D eigenvalue weighted by Crippen LogP contribution is 2.22. The van der Waals surface area contributed by atoms with Crippen molar-refractivity contribution >= 4 is 16.6 Å². The first-order chi connectivity index (χ1) is 6.66. The Morgan fingerprint density at radius 1 is 1.36 bits per heavy atom. The molecule has 0 amide bonds. The molecule has 0 aliphatic rings. The van der Waals surface area contributed by atoms with Gasteiger partial charge in [0.25, 0.3) is 0 Å². The maximum absolute atomic E-state index is 5.87. The Balaban J connectivity index is 2.46. The second-order valence-corrected chi connectivity index (χ2v) is 4.20. The van der Waals surface area contributed by atoms with Crippen molar-refractivity contribution in [3.63, 3.8) is 0 Å². The molecule has 0 bridgehead atoms. The van der Waals surface area contributed by atoms with Crippen molar-refractivity contribution in [1.82, 2.24) is 4.98 Å². The third-order valence-electron chi connectivity index (χ3n) is 2.37. The van der Waals surface area contributed by atoms with Crippen molar-refractivity contribution in [3.8, 4) is 0 Å². The summed E-state index contributed by atoms with van der Waals surface area (Å²) in [6.07, 6.45) is 1.08. The van der Waals surface area contributed by atoms with Gasteiger partial charge in [-0.3, -0.25) is 0 Å². The molecule has 0 aliphatic carbocycles. The second-order valence-electron chi connectivity index (χ2n) is 4.20. The maximum Gasteiger partial charge on any atom is 0.0689 e. The predicted octanol–water partition coefficient (Wildman–Crippen LogP) is 2.95. The van der Waals surface area contributed by atoms with Crippen LogP contribution in [0.5, 0.6) is 0 Å². The first-order valence-corrected chi connectivity index (χ1v) is 5.03. The van der Waals surface area contributed by atoms with Crippen molar-refractivity contribution in [2.45, 2.75) is 20.3 Å². The number of benzene rings is 1. The highest BCUT2D eigenvalue weighted by Gasteiger charge is 2.04. The number of aromatic amines is 1. The number of H-pyrrole nitrogens is 1. The molecule has 0 unspecified atom stereocenters. The van der Waals surface area contributed by atoms with Crippen LogP contribution in [0.2, 0.25) is 0 Å². The van der Waals surface area contributed by atoms with E-state index in [1.807, 2.05) is 12.1 Å². The molecule has 1 aromatic carbocycles. The summed E-state index contributed by atoms with van der Waals surface area (Å²) in [5, 5.41) is 1.21. The first kappa shape index (κ1) is 9.13. The van der Waals surface area contributed by atoms with Crippen molar-refractivity contribution in [1.29, 1.82) is 0 Å². The third-order valence-corrected chi connectivity index (χ3v) is 2.37. The van der Waals surface area contributed by atoms with Crippen LogP contribution in [-0.4, -0.2) is 4.98 Å². The molecule has 0 radical (unpaired) electrons. The molecular formula is C12H16N2. The lowest BCUT2D eigenvalue weighted by molar-refractivity contribution is 0.639. The van der Waals surface area contributed by atoms with Gasteiger partial charge in [-0.05, 0) is 24.5 Å². The standard InChI is InChI=1S/C12H16N2/c1-8(2)6-10-7-9-4-3-5-11(13)12(9)14-10/h3-5,7-8,14H,6,13H2,1-2H3. The van der Waals surface area contributed by atoms with Gasteiger partial charge in [0.1, 0.15) is 0 Å². The van der Waals surface area contributed by atoms with Crippen LogP contribution in [0.25, 0.3) is 10.9 Å². The molecule has 74 valence electrons. The van der Waals surface area contributed by atoms with Gasteiger partial charge in [-0.1, -0.05) is 26.0 Å². The molecule has 2 aromatic rings. The third kappa shape index (κ3) is 1.60. The predicted molar refractivity (Wildman–Crippen MR) is 61.3 cm³/mol. The molecule has 2 heteroatoms. The van der Waals surface area contributed by atoms with Gasteiger partial charge in [0.15, 0.2) is 0 Å². The van der Waals surface area contributed by atoms with Crippen LogP contribution in [0.3, 0.4) is 0 Å². The number of hydrogen-bond donors (Lipinski definition) is 2. The zero-order valence-corrected chi connectivity index (χ0v) is 8.67. The van der Waals surface area contributed by atoms with Crippen LogP contribution in [0.15, 0.2) is 24.3 Å². The van der Waals surface area contributed by atoms with E-state index in [9.17, 15) is 0 Å². The van der Waals surface area contributed by atoms with Gasteiger partial charge in [-0.15, -0.1) is 0 Å². The van der Waals surface area contributed by atoms with Crippen LogP contribution in [-0.2, 0) is 6.42 Å². The Morgan fingerprint density at radius 2 is 2.14 bits per heavy atom. The molecule has 0 atom stereocenters. The molecule has 0 spiro atoms. The zero-order chi connectivity index (χ0) is 10.1. The van der Waals surface area contributed by atoms with E-state index in [0.29, 0.717) is 5.92 Å². The number of anilines is 1. The summed E-state index contributed by atoms with van der Waals surface area (Å²) in [6, 6.07) is 8.19. The summed E-state index contributed by atoms with van der Waals surface area (Å²) >= 11 is 0.